The van der Waals surface area contributed by atoms with Crippen LogP contribution < -0.4 is 19.2 Å². The van der Waals surface area contributed by atoms with Gasteiger partial charge in [-0.25, -0.2) is 13.8 Å². The van der Waals surface area contributed by atoms with E-state index >= 15 is 0 Å². The first-order valence-corrected chi connectivity index (χ1v) is 12.6. The van der Waals surface area contributed by atoms with E-state index in [1.807, 2.05) is 13.0 Å². The number of ether oxygens (including phenoxy) is 2. The summed E-state index contributed by atoms with van der Waals surface area (Å²) in [5, 5.41) is 12.9. The van der Waals surface area contributed by atoms with E-state index in [1.165, 1.54) is 30.5 Å². The number of nitrogens with one attached hydrogen (secondary N) is 1. The van der Waals surface area contributed by atoms with Crippen molar-refractivity contribution < 1.29 is 22.7 Å². The molecule has 3 aromatic carbocycles. The Morgan fingerprint density at radius 3 is 2.25 bits per heavy atom. The third-order valence-electron chi connectivity index (χ3n) is 4.71. The summed E-state index contributed by atoms with van der Waals surface area (Å²) in [6.07, 6.45) is 1.40. The van der Waals surface area contributed by atoms with Crippen molar-refractivity contribution in [2.75, 3.05) is 24.1 Å². The van der Waals surface area contributed by atoms with Gasteiger partial charge in [0.25, 0.3) is 15.9 Å². The highest BCUT2D eigenvalue weighted by molar-refractivity contribution is 7.92. The van der Waals surface area contributed by atoms with Crippen LogP contribution in [0.3, 0.4) is 0 Å². The zero-order valence-corrected chi connectivity index (χ0v) is 20.9. The van der Waals surface area contributed by atoms with Crippen LogP contribution in [0.15, 0.2) is 82.8 Å². The minimum absolute atomic E-state index is 0.0178. The normalized spacial score (nSPS) is 11.0. The molecule has 0 aliphatic heterocycles. The lowest BCUT2D eigenvalue weighted by atomic mass is 10.2. The topological polar surface area (TPSA) is 121 Å². The molecular formula is C25H23ClN4O5S. The van der Waals surface area contributed by atoms with E-state index in [0.717, 1.165) is 4.31 Å². The summed E-state index contributed by atoms with van der Waals surface area (Å²) in [5.74, 6) is 0.450. The molecule has 3 rings (SSSR count). The van der Waals surface area contributed by atoms with Gasteiger partial charge < -0.3 is 9.47 Å². The molecular weight excluding hydrogens is 504 g/mol. The van der Waals surface area contributed by atoms with Gasteiger partial charge in [0.05, 0.1) is 23.4 Å². The van der Waals surface area contributed by atoms with E-state index in [-0.39, 0.29) is 17.2 Å². The van der Waals surface area contributed by atoms with E-state index in [9.17, 15) is 13.2 Å². The van der Waals surface area contributed by atoms with Gasteiger partial charge >= 0.3 is 0 Å². The number of anilines is 1. The minimum Gasteiger partial charge on any atom is -0.494 e. The van der Waals surface area contributed by atoms with Gasteiger partial charge in [0.15, 0.2) is 6.61 Å². The Bertz CT molecular complexity index is 1340. The Balaban J connectivity index is 1.77. The van der Waals surface area contributed by atoms with Crippen LogP contribution in [0.2, 0.25) is 5.02 Å². The number of hydrogen-bond acceptors (Lipinski definition) is 7. The number of carbonyl (C=O) groups excluding carboxylic acids is 1. The van der Waals surface area contributed by atoms with Gasteiger partial charge in [-0.1, -0.05) is 11.6 Å². The van der Waals surface area contributed by atoms with E-state index in [2.05, 4.69) is 10.5 Å². The fourth-order valence-corrected chi connectivity index (χ4v) is 4.58. The highest BCUT2D eigenvalue weighted by Gasteiger charge is 2.27. The van der Waals surface area contributed by atoms with E-state index in [0.29, 0.717) is 28.7 Å². The summed E-state index contributed by atoms with van der Waals surface area (Å²) in [4.78, 5) is 12.6. The van der Waals surface area contributed by atoms with Gasteiger partial charge in [-0.2, -0.15) is 10.4 Å². The highest BCUT2D eigenvalue weighted by Crippen LogP contribution is 2.26. The largest absolute Gasteiger partial charge is 0.494 e. The van der Waals surface area contributed by atoms with Gasteiger partial charge in [-0.15, -0.1) is 0 Å². The SMILES string of the molecule is CCOc1ccc(N(CC(=O)N/N=C\c2ccc(OCC#N)cc2)S(=O)(=O)c2ccc(Cl)cc2)cc1. The third kappa shape index (κ3) is 7.21. The number of benzene rings is 3. The minimum atomic E-state index is -4.10. The maximum atomic E-state index is 13.4. The van der Waals surface area contributed by atoms with Crippen molar-refractivity contribution in [2.24, 2.45) is 5.10 Å². The first-order valence-electron chi connectivity index (χ1n) is 10.8. The van der Waals surface area contributed by atoms with Crippen molar-refractivity contribution in [3.63, 3.8) is 0 Å². The van der Waals surface area contributed by atoms with Crippen molar-refractivity contribution in [3.05, 3.63) is 83.4 Å². The van der Waals surface area contributed by atoms with Crippen LogP contribution in [0.4, 0.5) is 5.69 Å². The summed E-state index contributed by atoms with van der Waals surface area (Å²) < 4.78 is 38.4. The van der Waals surface area contributed by atoms with Crippen molar-refractivity contribution in [1.29, 1.82) is 5.26 Å². The number of sulfonamides is 1. The molecule has 36 heavy (non-hydrogen) atoms. The number of amides is 1. The molecule has 0 heterocycles. The Kier molecular flexibility index (Phi) is 9.27. The summed E-state index contributed by atoms with van der Waals surface area (Å²) >= 11 is 5.91. The Labute approximate surface area is 214 Å². The van der Waals surface area contributed by atoms with Gasteiger partial charge in [-0.05, 0) is 85.3 Å². The second-order valence-electron chi connectivity index (χ2n) is 7.20. The predicted molar refractivity (Wildman–Crippen MR) is 137 cm³/mol. The maximum absolute atomic E-state index is 13.4. The van der Waals surface area contributed by atoms with Crippen LogP contribution in [0, 0.1) is 11.3 Å². The zero-order valence-electron chi connectivity index (χ0n) is 19.3. The monoisotopic (exact) mass is 526 g/mol. The zero-order chi connectivity index (χ0) is 26.0. The Morgan fingerprint density at radius 1 is 1.03 bits per heavy atom. The second-order valence-corrected chi connectivity index (χ2v) is 9.50. The molecule has 0 saturated carbocycles. The van der Waals surface area contributed by atoms with E-state index in [4.69, 9.17) is 26.3 Å². The van der Waals surface area contributed by atoms with Gasteiger partial charge in [-0.3, -0.25) is 9.10 Å². The molecule has 1 amide bonds. The molecule has 0 aliphatic carbocycles. The second kappa shape index (κ2) is 12.6. The van der Waals surface area contributed by atoms with Crippen LogP contribution in [0.5, 0.6) is 11.5 Å². The van der Waals surface area contributed by atoms with Gasteiger partial charge in [0, 0.05) is 5.02 Å². The number of hydrogen-bond donors (Lipinski definition) is 1. The van der Waals surface area contributed by atoms with Crippen LogP contribution >= 0.6 is 11.6 Å². The van der Waals surface area contributed by atoms with Crippen LogP contribution in [0.1, 0.15) is 12.5 Å². The predicted octanol–water partition coefficient (Wildman–Crippen LogP) is 3.99. The fraction of sp³-hybridized carbons (Fsp3) is 0.160. The molecule has 11 heteroatoms. The molecule has 0 saturated heterocycles. The Morgan fingerprint density at radius 2 is 1.64 bits per heavy atom. The van der Waals surface area contributed by atoms with Gasteiger partial charge in [0.1, 0.15) is 24.1 Å². The number of nitriles is 1. The van der Waals surface area contributed by atoms with Crippen LogP contribution in [-0.2, 0) is 14.8 Å². The molecule has 0 spiro atoms. The highest BCUT2D eigenvalue weighted by atomic mass is 35.5. The summed E-state index contributed by atoms with van der Waals surface area (Å²) in [7, 11) is -4.10. The Hall–Kier alpha value is -4.07. The van der Waals surface area contributed by atoms with Crippen molar-refractivity contribution in [1.82, 2.24) is 5.43 Å². The quantitative estimate of drug-likeness (QED) is 0.298. The first kappa shape index (κ1) is 26.5. The maximum Gasteiger partial charge on any atom is 0.264 e. The van der Waals surface area contributed by atoms with Crippen LogP contribution in [0.25, 0.3) is 0 Å². The molecule has 0 bridgehead atoms. The molecule has 0 unspecified atom stereocenters. The van der Waals surface area contributed by atoms with E-state index < -0.39 is 22.5 Å². The van der Waals surface area contributed by atoms with Crippen molar-refractivity contribution in [2.45, 2.75) is 11.8 Å². The third-order valence-corrected chi connectivity index (χ3v) is 6.75. The molecule has 186 valence electrons. The standard InChI is InChI=1S/C25H23ClN4O5S/c1-2-34-22-11-7-21(8-12-22)30(36(32,33)24-13-5-20(26)6-14-24)18-25(31)29-28-17-19-3-9-23(10-4-19)35-16-15-27/h3-14,17H,2,16,18H2,1H3,(H,29,31)/b28-17-. The van der Waals surface area contributed by atoms with Crippen molar-refractivity contribution >= 4 is 39.4 Å². The van der Waals surface area contributed by atoms with Crippen LogP contribution in [-0.4, -0.2) is 40.3 Å². The van der Waals surface area contributed by atoms with Gasteiger partial charge in [0.2, 0.25) is 0 Å². The molecule has 0 aliphatic rings. The lowest BCUT2D eigenvalue weighted by Gasteiger charge is -2.24. The number of hydrazone groups is 1. The fourth-order valence-electron chi connectivity index (χ4n) is 3.03. The lowest BCUT2D eigenvalue weighted by Crippen LogP contribution is -2.39. The molecule has 9 nitrogen and oxygen atoms in total. The summed E-state index contributed by atoms with van der Waals surface area (Å²) in [5.41, 5.74) is 3.29. The number of nitrogens with zero attached hydrogens (tertiary/aromatic N) is 3. The number of carbonyl (C=O) groups is 1. The number of rotatable bonds is 11. The molecule has 0 atom stereocenters. The average molecular weight is 527 g/mol. The first-order chi connectivity index (χ1) is 17.3. The molecule has 3 aromatic rings. The molecule has 0 radical (unpaired) electrons. The van der Waals surface area contributed by atoms with Crippen molar-refractivity contribution in [3.8, 4) is 17.6 Å². The summed E-state index contributed by atoms with van der Waals surface area (Å²) in [6.45, 7) is 1.72. The lowest BCUT2D eigenvalue weighted by molar-refractivity contribution is -0.119. The number of halogens is 1. The summed E-state index contributed by atoms with van der Waals surface area (Å²) in [6, 6.07) is 20.6. The molecule has 1 N–H and O–H groups in total. The molecule has 0 aromatic heterocycles. The smallest absolute Gasteiger partial charge is 0.264 e. The molecule has 0 fully saturated rings. The average Bonchev–Trinajstić information content (AvgIpc) is 2.88. The van der Waals surface area contributed by atoms with E-state index in [1.54, 1.807) is 48.5 Å².